The Balaban J connectivity index is 1.41. The second kappa shape index (κ2) is 9.23. The highest BCUT2D eigenvalue weighted by Crippen LogP contribution is 2.35. The minimum Gasteiger partial charge on any atom is -0.477 e. The molecule has 6 nitrogen and oxygen atoms in total. The van der Waals surface area contributed by atoms with E-state index in [-0.39, 0.29) is 24.3 Å². The number of aromatic nitrogens is 1. The maximum Gasteiger partial charge on any atom is 0.263 e. The Morgan fingerprint density at radius 2 is 1.79 bits per heavy atom. The largest absolute Gasteiger partial charge is 0.477 e. The molecule has 0 unspecified atom stereocenters. The van der Waals surface area contributed by atoms with Crippen molar-refractivity contribution in [2.45, 2.75) is 18.9 Å². The summed E-state index contributed by atoms with van der Waals surface area (Å²) in [5, 5.41) is 4.76. The summed E-state index contributed by atoms with van der Waals surface area (Å²) < 4.78 is 5.96. The van der Waals surface area contributed by atoms with Crippen molar-refractivity contribution in [3.63, 3.8) is 0 Å². The van der Waals surface area contributed by atoms with Crippen LogP contribution in [-0.2, 0) is 9.59 Å². The lowest BCUT2D eigenvalue weighted by Gasteiger charge is -2.33. The first-order valence-corrected chi connectivity index (χ1v) is 11.5. The molecule has 0 saturated carbocycles. The predicted molar refractivity (Wildman–Crippen MR) is 133 cm³/mol. The fourth-order valence-electron chi connectivity index (χ4n) is 4.51. The second-order valence-corrected chi connectivity index (χ2v) is 8.72. The minimum atomic E-state index is -0.811. The topological polar surface area (TPSA) is 74.4 Å². The number of hydrogen-bond acceptors (Lipinski definition) is 3. The number of hydrogen-bond donors (Lipinski definition) is 2. The minimum absolute atomic E-state index is 0.138. The van der Waals surface area contributed by atoms with Crippen LogP contribution in [0, 0.1) is 0 Å². The lowest BCUT2D eigenvalue weighted by molar-refractivity contribution is -0.128. The smallest absolute Gasteiger partial charge is 0.263 e. The van der Waals surface area contributed by atoms with Gasteiger partial charge in [0.1, 0.15) is 5.75 Å². The molecule has 2 atom stereocenters. The number of aromatic amines is 1. The molecule has 2 N–H and O–H groups in total. The van der Waals surface area contributed by atoms with Crippen molar-refractivity contribution >= 4 is 40.0 Å². The number of H-pyrrole nitrogens is 1. The van der Waals surface area contributed by atoms with Crippen molar-refractivity contribution in [3.8, 4) is 5.75 Å². The highest BCUT2D eigenvalue weighted by Gasteiger charge is 2.33. The fourth-order valence-corrected chi connectivity index (χ4v) is 4.78. The van der Waals surface area contributed by atoms with Crippen molar-refractivity contribution in [1.82, 2.24) is 10.3 Å². The van der Waals surface area contributed by atoms with Gasteiger partial charge in [-0.25, -0.2) is 0 Å². The number of carbonyl (C=O) groups is 2. The van der Waals surface area contributed by atoms with Crippen LogP contribution in [-0.4, -0.2) is 36.0 Å². The summed E-state index contributed by atoms with van der Waals surface area (Å²) in [4.78, 5) is 30.3. The number of benzene rings is 3. The van der Waals surface area contributed by atoms with E-state index >= 15 is 0 Å². The van der Waals surface area contributed by atoms with E-state index in [4.69, 9.17) is 16.3 Å². The van der Waals surface area contributed by atoms with Crippen LogP contribution < -0.4 is 15.0 Å². The third-order valence-electron chi connectivity index (χ3n) is 6.20. The molecule has 1 aromatic heterocycles. The van der Waals surface area contributed by atoms with Crippen molar-refractivity contribution in [1.29, 1.82) is 0 Å². The standard InChI is InChI=1S/C27H24ClN3O3/c1-17(32)31-16-26(34-25-13-7-6-12-24(25)31)27(33)30-15-20(18-8-2-4-10-22(18)28)21-14-29-23-11-5-3-9-19(21)23/h2-14,20,26,29H,15-16H2,1H3,(H,30,33)/t20-,26+/m1/s1. The fraction of sp³-hybridized carbons (Fsp3) is 0.185. The molecular weight excluding hydrogens is 450 g/mol. The van der Waals surface area contributed by atoms with Gasteiger partial charge in [0.2, 0.25) is 5.91 Å². The summed E-state index contributed by atoms with van der Waals surface area (Å²) in [5.41, 5.74) is 3.66. The van der Waals surface area contributed by atoms with Gasteiger partial charge in [-0.05, 0) is 35.4 Å². The maximum atomic E-state index is 13.2. The number of amides is 2. The van der Waals surface area contributed by atoms with Gasteiger partial charge in [-0.2, -0.15) is 0 Å². The van der Waals surface area contributed by atoms with Gasteiger partial charge in [-0.3, -0.25) is 9.59 Å². The van der Waals surface area contributed by atoms with Crippen LogP contribution >= 0.6 is 11.6 Å². The lowest BCUT2D eigenvalue weighted by atomic mass is 9.90. The average Bonchev–Trinajstić information content (AvgIpc) is 3.28. The van der Waals surface area contributed by atoms with Gasteiger partial charge < -0.3 is 19.9 Å². The number of anilines is 1. The van der Waals surface area contributed by atoms with Crippen LogP contribution in [0.2, 0.25) is 5.02 Å². The molecule has 0 radical (unpaired) electrons. The number of carbonyl (C=O) groups excluding carboxylic acids is 2. The molecule has 0 aliphatic carbocycles. The summed E-state index contributed by atoms with van der Waals surface area (Å²) >= 11 is 6.57. The van der Waals surface area contributed by atoms with Gasteiger partial charge in [0, 0.05) is 41.5 Å². The van der Waals surface area contributed by atoms with Crippen LogP contribution in [0.5, 0.6) is 5.75 Å². The number of fused-ring (bicyclic) bond motifs is 2. The molecular formula is C27H24ClN3O3. The van der Waals surface area contributed by atoms with Crippen molar-refractivity contribution < 1.29 is 14.3 Å². The number of nitrogens with zero attached hydrogens (tertiary/aromatic N) is 1. The van der Waals surface area contributed by atoms with Crippen LogP contribution in [0.4, 0.5) is 5.69 Å². The van der Waals surface area contributed by atoms with E-state index in [1.807, 2.05) is 66.9 Å². The molecule has 0 fully saturated rings. The maximum absolute atomic E-state index is 13.2. The van der Waals surface area contributed by atoms with Crippen molar-refractivity contribution in [2.75, 3.05) is 18.0 Å². The highest BCUT2D eigenvalue weighted by molar-refractivity contribution is 6.31. The van der Waals surface area contributed by atoms with E-state index in [1.54, 1.807) is 11.0 Å². The summed E-state index contributed by atoms with van der Waals surface area (Å²) in [6.07, 6.45) is 1.16. The summed E-state index contributed by atoms with van der Waals surface area (Å²) in [6, 6.07) is 23.0. The predicted octanol–water partition coefficient (Wildman–Crippen LogP) is 4.88. The van der Waals surface area contributed by atoms with Gasteiger partial charge in [0.25, 0.3) is 5.91 Å². The first-order valence-electron chi connectivity index (χ1n) is 11.1. The van der Waals surface area contributed by atoms with Gasteiger partial charge in [-0.1, -0.05) is 60.1 Å². The molecule has 0 saturated heterocycles. The van der Waals surface area contributed by atoms with E-state index in [0.29, 0.717) is 23.0 Å². The van der Waals surface area contributed by atoms with Gasteiger partial charge >= 0.3 is 0 Å². The highest BCUT2D eigenvalue weighted by atomic mass is 35.5. The molecule has 1 aliphatic heterocycles. The second-order valence-electron chi connectivity index (χ2n) is 8.31. The zero-order chi connectivity index (χ0) is 23.7. The van der Waals surface area contributed by atoms with Gasteiger partial charge in [0.05, 0.1) is 12.2 Å². The van der Waals surface area contributed by atoms with Crippen LogP contribution in [0.15, 0.2) is 79.0 Å². The molecule has 0 bridgehead atoms. The Hall–Kier alpha value is -3.77. The molecule has 5 rings (SSSR count). The number of ether oxygens (including phenoxy) is 1. The Morgan fingerprint density at radius 3 is 2.62 bits per heavy atom. The molecule has 2 amide bonds. The Morgan fingerprint density at radius 1 is 1.06 bits per heavy atom. The number of rotatable bonds is 5. The number of halogens is 1. The number of para-hydroxylation sites is 3. The van der Waals surface area contributed by atoms with E-state index in [1.165, 1.54) is 6.92 Å². The molecule has 172 valence electrons. The van der Waals surface area contributed by atoms with Crippen molar-refractivity contribution in [3.05, 3.63) is 95.1 Å². The van der Waals surface area contributed by atoms with E-state index in [9.17, 15) is 9.59 Å². The third kappa shape index (κ3) is 4.13. The SMILES string of the molecule is CC(=O)N1C[C@@H](C(=O)NC[C@H](c2ccccc2Cl)c2c[nH]c3ccccc23)Oc2ccccc21. The molecule has 0 spiro atoms. The van der Waals surface area contributed by atoms with E-state index in [2.05, 4.69) is 16.4 Å². The zero-order valence-electron chi connectivity index (χ0n) is 18.6. The average molecular weight is 474 g/mol. The van der Waals surface area contributed by atoms with E-state index < -0.39 is 6.10 Å². The van der Waals surface area contributed by atoms with Gasteiger partial charge in [0.15, 0.2) is 6.10 Å². The summed E-state index contributed by atoms with van der Waals surface area (Å²) in [6.45, 7) is 1.97. The quantitative estimate of drug-likeness (QED) is 0.433. The van der Waals surface area contributed by atoms with E-state index in [0.717, 1.165) is 22.0 Å². The Kier molecular flexibility index (Phi) is 5.99. The van der Waals surface area contributed by atoms with Crippen LogP contribution in [0.3, 0.4) is 0 Å². The first-order chi connectivity index (χ1) is 16.5. The van der Waals surface area contributed by atoms with Crippen molar-refractivity contribution in [2.24, 2.45) is 0 Å². The van der Waals surface area contributed by atoms with Crippen LogP contribution in [0.1, 0.15) is 24.0 Å². The Bertz CT molecular complexity index is 1370. The number of nitrogens with one attached hydrogen (secondary N) is 2. The first kappa shape index (κ1) is 22.0. The molecule has 7 heteroatoms. The summed E-state index contributed by atoms with van der Waals surface area (Å²) in [5.74, 6) is -0.0732. The monoisotopic (exact) mass is 473 g/mol. The Labute approximate surface area is 202 Å². The molecule has 34 heavy (non-hydrogen) atoms. The zero-order valence-corrected chi connectivity index (χ0v) is 19.4. The summed E-state index contributed by atoms with van der Waals surface area (Å²) in [7, 11) is 0. The lowest BCUT2D eigenvalue weighted by Crippen LogP contribution is -2.50. The normalized spacial score (nSPS) is 15.9. The van der Waals surface area contributed by atoms with Gasteiger partial charge in [-0.15, -0.1) is 0 Å². The third-order valence-corrected chi connectivity index (χ3v) is 6.55. The molecule has 1 aliphatic rings. The van der Waals surface area contributed by atoms with Crippen LogP contribution in [0.25, 0.3) is 10.9 Å². The molecule has 3 aromatic carbocycles. The molecule has 4 aromatic rings. The molecule has 2 heterocycles.